The molecule has 38 heavy (non-hydrogen) atoms. The van der Waals surface area contributed by atoms with Crippen molar-refractivity contribution in [2.24, 2.45) is 5.41 Å². The first-order valence-electron chi connectivity index (χ1n) is 12.5. The largest absolute Gasteiger partial charge is 0.383 e. The number of hydrogen-bond donors (Lipinski definition) is 4. The minimum Gasteiger partial charge on any atom is -0.383 e. The Hall–Kier alpha value is -3.16. The van der Waals surface area contributed by atoms with Crippen LogP contribution in [0.5, 0.6) is 0 Å². The number of nitrogens with one attached hydrogen (secondary N) is 4. The maximum atomic E-state index is 9.82. The molecule has 1 fully saturated rings. The van der Waals surface area contributed by atoms with Crippen LogP contribution >= 0.6 is 23.2 Å². The summed E-state index contributed by atoms with van der Waals surface area (Å²) in [5.74, 6) is 0. The Kier molecular flexibility index (Phi) is 7.10. The number of halogens is 2. The number of aromatic nitrogens is 1. The van der Waals surface area contributed by atoms with Crippen LogP contribution in [0.2, 0.25) is 10.0 Å². The lowest BCUT2D eigenvalue weighted by molar-refractivity contribution is -0.0635. The van der Waals surface area contributed by atoms with Crippen molar-refractivity contribution in [1.82, 2.24) is 21.0 Å². The molecule has 0 aliphatic carbocycles. The highest BCUT2D eigenvalue weighted by Gasteiger charge is 2.38. The van der Waals surface area contributed by atoms with Crippen LogP contribution < -0.4 is 21.6 Å². The molecule has 196 valence electrons. The summed E-state index contributed by atoms with van der Waals surface area (Å²) in [6, 6.07) is 14.1. The fraction of sp³-hybridized carbons (Fsp3) is 0.333. The third-order valence-corrected chi connectivity index (χ3v) is 7.41. The number of pyridine rings is 1. The summed E-state index contributed by atoms with van der Waals surface area (Å²) in [6.07, 6.45) is 3.61. The summed E-state index contributed by atoms with van der Waals surface area (Å²) in [4.78, 5) is 4.49. The first-order chi connectivity index (χ1) is 18.1. The standard InChI is InChI=1S/C27H30BCl2N7O/c1-26(2,3)15-33-24-16(10-31)11-32-25-19(24)8-17(9-22(25)30)34-27(28,20-6-4-5-7-21(20)29)23-12-37(36-35-23)18-13-38-14-18/h4-9,11-12,18,34-36H,13-15,28H2,1-3H3,(H,32,33). The van der Waals surface area contributed by atoms with Crippen molar-refractivity contribution in [3.05, 3.63) is 75.7 Å². The Bertz CT molecular complexity index is 1450. The van der Waals surface area contributed by atoms with Crippen LogP contribution in [0.25, 0.3) is 10.9 Å². The Labute approximate surface area is 233 Å². The van der Waals surface area contributed by atoms with Crippen molar-refractivity contribution in [3.8, 4) is 6.07 Å². The van der Waals surface area contributed by atoms with Gasteiger partial charge in [0.2, 0.25) is 0 Å². The van der Waals surface area contributed by atoms with Gasteiger partial charge in [-0.1, -0.05) is 62.2 Å². The van der Waals surface area contributed by atoms with E-state index < -0.39 is 5.44 Å². The van der Waals surface area contributed by atoms with Gasteiger partial charge in [0.1, 0.15) is 13.9 Å². The van der Waals surface area contributed by atoms with E-state index in [2.05, 4.69) is 61.3 Å². The Morgan fingerprint density at radius 1 is 1.21 bits per heavy atom. The lowest BCUT2D eigenvalue weighted by atomic mass is 9.69. The predicted octanol–water partition coefficient (Wildman–Crippen LogP) is 4.33. The van der Waals surface area contributed by atoms with E-state index >= 15 is 0 Å². The van der Waals surface area contributed by atoms with Gasteiger partial charge < -0.3 is 20.8 Å². The number of hydrogen-bond acceptors (Lipinski definition) is 8. The fourth-order valence-corrected chi connectivity index (χ4v) is 5.15. The van der Waals surface area contributed by atoms with Crippen LogP contribution in [0.4, 0.5) is 11.4 Å². The molecule has 3 aromatic rings. The number of anilines is 2. The average molecular weight is 550 g/mol. The van der Waals surface area contributed by atoms with E-state index in [0.29, 0.717) is 46.6 Å². The second-order valence-corrected chi connectivity index (χ2v) is 11.8. The SMILES string of the molecule is BC(Nc1cc(Cl)c2ncc(C#N)c(NCC(C)(C)C)c2c1)(C1=CN(C2COC2)NN1)c1ccccc1Cl. The highest BCUT2D eigenvalue weighted by atomic mass is 35.5. The van der Waals surface area contributed by atoms with E-state index in [1.165, 1.54) is 0 Å². The molecule has 0 amide bonds. The molecular weight excluding hydrogens is 520 g/mol. The summed E-state index contributed by atoms with van der Waals surface area (Å²) in [5.41, 5.74) is 10.1. The zero-order chi connectivity index (χ0) is 27.1. The molecule has 0 bridgehead atoms. The highest BCUT2D eigenvalue weighted by molar-refractivity contribution is 6.36. The van der Waals surface area contributed by atoms with Gasteiger partial charge in [0, 0.05) is 35.0 Å². The van der Waals surface area contributed by atoms with Crippen molar-refractivity contribution in [3.63, 3.8) is 0 Å². The summed E-state index contributed by atoms with van der Waals surface area (Å²) in [5, 5.41) is 20.9. The molecule has 1 atom stereocenters. The molecule has 8 nitrogen and oxygen atoms in total. The van der Waals surface area contributed by atoms with Crippen LogP contribution in [-0.2, 0) is 10.2 Å². The van der Waals surface area contributed by atoms with E-state index in [1.807, 2.05) is 47.6 Å². The van der Waals surface area contributed by atoms with E-state index in [-0.39, 0.29) is 11.5 Å². The van der Waals surface area contributed by atoms with Gasteiger partial charge in [0.05, 0.1) is 52.2 Å². The zero-order valence-corrected chi connectivity index (χ0v) is 23.3. The van der Waals surface area contributed by atoms with Crippen LogP contribution in [0, 0.1) is 16.7 Å². The zero-order valence-electron chi connectivity index (χ0n) is 21.8. The third kappa shape index (κ3) is 5.10. The smallest absolute Gasteiger partial charge is 0.148 e. The predicted molar refractivity (Wildman–Crippen MR) is 156 cm³/mol. The normalized spacial score (nSPS) is 17.3. The van der Waals surface area contributed by atoms with Gasteiger partial charge in [-0.25, -0.2) is 0 Å². The van der Waals surface area contributed by atoms with Crippen LogP contribution in [0.3, 0.4) is 0 Å². The van der Waals surface area contributed by atoms with Crippen molar-refractivity contribution in [2.45, 2.75) is 32.3 Å². The molecule has 0 saturated carbocycles. The minimum absolute atomic E-state index is 0.00950. The summed E-state index contributed by atoms with van der Waals surface area (Å²) < 4.78 is 5.37. The highest BCUT2D eigenvalue weighted by Crippen LogP contribution is 2.39. The van der Waals surface area contributed by atoms with E-state index in [4.69, 9.17) is 27.9 Å². The molecule has 1 unspecified atom stereocenters. The second-order valence-electron chi connectivity index (χ2n) is 11.0. The van der Waals surface area contributed by atoms with E-state index in [1.54, 1.807) is 6.20 Å². The molecule has 1 aromatic heterocycles. The fourth-order valence-electron chi connectivity index (χ4n) is 4.56. The van der Waals surface area contributed by atoms with Gasteiger partial charge in [0.15, 0.2) is 0 Å². The van der Waals surface area contributed by atoms with Gasteiger partial charge >= 0.3 is 0 Å². The number of nitrogens with zero attached hydrogens (tertiary/aromatic N) is 3. The van der Waals surface area contributed by atoms with Gasteiger partial charge in [0.25, 0.3) is 0 Å². The van der Waals surface area contributed by atoms with Crippen LogP contribution in [0.15, 0.2) is 54.5 Å². The van der Waals surface area contributed by atoms with Crippen LogP contribution in [0.1, 0.15) is 31.9 Å². The number of ether oxygens (including phenoxy) is 1. The third-order valence-electron chi connectivity index (χ3n) is 6.79. The molecule has 0 spiro atoms. The number of hydrazine groups is 2. The van der Waals surface area contributed by atoms with E-state index in [0.717, 1.165) is 22.3 Å². The lowest BCUT2D eigenvalue weighted by Gasteiger charge is -2.34. The molecule has 4 N–H and O–H groups in total. The van der Waals surface area contributed by atoms with Crippen molar-refractivity contribution in [2.75, 3.05) is 30.4 Å². The van der Waals surface area contributed by atoms with Crippen LogP contribution in [-0.4, -0.2) is 43.6 Å². The molecule has 1 saturated heterocycles. The maximum Gasteiger partial charge on any atom is 0.148 e. The van der Waals surface area contributed by atoms with Crippen molar-refractivity contribution >= 4 is 53.3 Å². The first-order valence-corrected chi connectivity index (χ1v) is 13.2. The molecule has 2 aliphatic heterocycles. The first kappa shape index (κ1) is 26.5. The van der Waals surface area contributed by atoms with Gasteiger partial charge in [-0.15, -0.1) is 5.53 Å². The quantitative estimate of drug-likeness (QED) is 0.323. The van der Waals surface area contributed by atoms with Gasteiger partial charge in [-0.05, 0) is 29.2 Å². The number of fused-ring (bicyclic) bond motifs is 1. The Morgan fingerprint density at radius 3 is 2.63 bits per heavy atom. The molecular formula is C27H30BCl2N7O. The van der Waals surface area contributed by atoms with Crippen molar-refractivity contribution < 1.29 is 4.74 Å². The minimum atomic E-state index is -0.763. The number of rotatable bonds is 7. The lowest BCUT2D eigenvalue weighted by Crippen LogP contribution is -2.53. The van der Waals surface area contributed by atoms with Crippen molar-refractivity contribution in [1.29, 1.82) is 5.26 Å². The van der Waals surface area contributed by atoms with Gasteiger partial charge in [-0.3, -0.25) is 9.99 Å². The topological polar surface area (TPSA) is 97.3 Å². The summed E-state index contributed by atoms with van der Waals surface area (Å²) >= 11 is 13.5. The molecule has 5 rings (SSSR count). The molecule has 11 heteroatoms. The average Bonchev–Trinajstić information content (AvgIpc) is 3.31. The second kappa shape index (κ2) is 10.2. The molecule has 0 radical (unpaired) electrons. The number of benzene rings is 2. The Morgan fingerprint density at radius 2 is 1.97 bits per heavy atom. The molecule has 2 aliphatic rings. The monoisotopic (exact) mass is 549 g/mol. The van der Waals surface area contributed by atoms with E-state index in [9.17, 15) is 5.26 Å². The maximum absolute atomic E-state index is 9.82. The Balaban J connectivity index is 1.60. The summed E-state index contributed by atoms with van der Waals surface area (Å²) in [6.45, 7) is 8.41. The molecule has 3 heterocycles. The number of nitriles is 1. The molecule has 2 aromatic carbocycles. The van der Waals surface area contributed by atoms with Gasteiger partial charge in [-0.2, -0.15) is 5.26 Å². The summed E-state index contributed by atoms with van der Waals surface area (Å²) in [7, 11) is 2.07.